The van der Waals surface area contributed by atoms with E-state index in [1.54, 1.807) is 0 Å². The highest BCUT2D eigenvalue weighted by molar-refractivity contribution is 5.94. The van der Waals surface area contributed by atoms with Crippen molar-refractivity contribution in [3.8, 4) is 0 Å². The molecule has 0 aromatic carbocycles. The van der Waals surface area contributed by atoms with Gasteiger partial charge in [0.05, 0.1) is 11.8 Å². The highest BCUT2D eigenvalue weighted by atomic mass is 16.6. The second-order valence-corrected chi connectivity index (χ2v) is 10.5. The summed E-state index contributed by atoms with van der Waals surface area (Å²) in [7, 11) is 0. The van der Waals surface area contributed by atoms with Crippen LogP contribution < -0.4 is 0 Å². The molecule has 5 heteroatoms. The fraction of sp³-hybridized carbons (Fsp3) is 0.826. The number of oxime groups is 1. The predicted octanol–water partition coefficient (Wildman–Crippen LogP) is 4.48. The Morgan fingerprint density at radius 3 is 2.75 bits per heavy atom. The second kappa shape index (κ2) is 5.84. The normalized spacial score (nSPS) is 51.9. The average molecular weight is 388 g/mol. The number of allylic oxidation sites excluding steroid dienone is 1. The van der Waals surface area contributed by atoms with Crippen molar-refractivity contribution in [3.05, 3.63) is 11.6 Å². The molecule has 1 saturated heterocycles. The minimum Gasteiger partial charge on any atom is -0.462 e. The Hall–Kier alpha value is -1.36. The molecule has 4 aliphatic carbocycles. The average Bonchev–Trinajstić information content (AvgIpc) is 3.33. The van der Waals surface area contributed by atoms with Gasteiger partial charge >= 0.3 is 5.97 Å². The fourth-order valence-corrected chi connectivity index (χ4v) is 8.12. The van der Waals surface area contributed by atoms with Gasteiger partial charge in [-0.05, 0) is 68.6 Å². The SMILES string of the molecule is CC(=O)OC1CCC2(C)C(=CCC3C2CCC2(C)C3CC3OC32/C(C)=N/O)C1. The van der Waals surface area contributed by atoms with Crippen LogP contribution in [0.15, 0.2) is 16.8 Å². The first-order valence-corrected chi connectivity index (χ1v) is 11.0. The first-order valence-electron chi connectivity index (χ1n) is 11.0. The first-order chi connectivity index (χ1) is 13.3. The number of carbonyl (C=O) groups excluding carboxylic acids is 1. The van der Waals surface area contributed by atoms with Crippen molar-refractivity contribution in [2.45, 2.75) is 90.4 Å². The third-order valence-corrected chi connectivity index (χ3v) is 9.51. The van der Waals surface area contributed by atoms with E-state index in [1.165, 1.54) is 18.9 Å². The molecule has 3 saturated carbocycles. The van der Waals surface area contributed by atoms with Crippen molar-refractivity contribution < 1.29 is 19.5 Å². The predicted molar refractivity (Wildman–Crippen MR) is 105 cm³/mol. The van der Waals surface area contributed by atoms with E-state index in [0.717, 1.165) is 44.2 Å². The van der Waals surface area contributed by atoms with Gasteiger partial charge < -0.3 is 14.7 Å². The summed E-state index contributed by atoms with van der Waals surface area (Å²) in [4.78, 5) is 11.4. The maximum absolute atomic E-state index is 11.4. The van der Waals surface area contributed by atoms with Crippen LogP contribution in [-0.4, -0.2) is 34.7 Å². The zero-order chi connectivity index (χ0) is 19.9. The summed E-state index contributed by atoms with van der Waals surface area (Å²) in [6.45, 7) is 8.29. The Labute approximate surface area is 167 Å². The van der Waals surface area contributed by atoms with Crippen LogP contribution in [0.1, 0.15) is 72.6 Å². The fourth-order valence-electron chi connectivity index (χ4n) is 8.12. The first kappa shape index (κ1) is 18.7. The topological polar surface area (TPSA) is 71.4 Å². The molecule has 0 amide bonds. The molecule has 8 atom stereocenters. The van der Waals surface area contributed by atoms with E-state index in [2.05, 4.69) is 25.1 Å². The van der Waals surface area contributed by atoms with Gasteiger partial charge in [0.25, 0.3) is 0 Å². The van der Waals surface area contributed by atoms with Gasteiger partial charge in [-0.2, -0.15) is 0 Å². The quantitative estimate of drug-likeness (QED) is 0.189. The van der Waals surface area contributed by atoms with E-state index >= 15 is 0 Å². The lowest BCUT2D eigenvalue weighted by atomic mass is 9.47. The van der Waals surface area contributed by atoms with Crippen LogP contribution in [0.25, 0.3) is 0 Å². The number of hydrogen-bond acceptors (Lipinski definition) is 5. The Morgan fingerprint density at radius 1 is 1.25 bits per heavy atom. The molecule has 1 aliphatic heterocycles. The number of rotatable bonds is 2. The standard InChI is InChI=1S/C23H33NO4/c1-13(24-26)23-20(28-23)12-19-17-6-5-15-11-16(27-14(2)25)7-9-21(15,3)18(17)8-10-22(19,23)4/h5,16-20,26H,6-12H2,1-4H3/b24-13+. The van der Waals surface area contributed by atoms with Crippen LogP contribution >= 0.6 is 0 Å². The Morgan fingerprint density at radius 2 is 2.04 bits per heavy atom. The van der Waals surface area contributed by atoms with E-state index in [9.17, 15) is 10.0 Å². The lowest BCUT2D eigenvalue weighted by molar-refractivity contribution is -0.148. The number of esters is 1. The second-order valence-electron chi connectivity index (χ2n) is 10.5. The molecule has 0 aromatic rings. The van der Waals surface area contributed by atoms with Crippen molar-refractivity contribution >= 4 is 11.7 Å². The van der Waals surface area contributed by atoms with Crippen LogP contribution in [0.4, 0.5) is 0 Å². The van der Waals surface area contributed by atoms with Crippen LogP contribution in [0.5, 0.6) is 0 Å². The summed E-state index contributed by atoms with van der Waals surface area (Å²) >= 11 is 0. The molecule has 0 bridgehead atoms. The van der Waals surface area contributed by atoms with Crippen molar-refractivity contribution in [2.24, 2.45) is 33.7 Å². The maximum Gasteiger partial charge on any atom is 0.302 e. The molecule has 8 unspecified atom stereocenters. The molecule has 0 aromatic heterocycles. The minimum atomic E-state index is -0.324. The summed E-state index contributed by atoms with van der Waals surface area (Å²) in [5.74, 6) is 1.84. The molecule has 0 spiro atoms. The van der Waals surface area contributed by atoms with Gasteiger partial charge in [0.1, 0.15) is 11.7 Å². The van der Waals surface area contributed by atoms with E-state index in [0.29, 0.717) is 17.8 Å². The summed E-state index contributed by atoms with van der Waals surface area (Å²) in [5.41, 5.74) is 2.28. The van der Waals surface area contributed by atoms with Crippen LogP contribution in [0.3, 0.4) is 0 Å². The molecule has 5 nitrogen and oxygen atoms in total. The number of hydrogen-bond donors (Lipinski definition) is 1. The maximum atomic E-state index is 11.4. The Balaban J connectivity index is 1.43. The zero-order valence-electron chi connectivity index (χ0n) is 17.5. The zero-order valence-corrected chi connectivity index (χ0v) is 17.5. The molecule has 5 rings (SSSR count). The number of fused-ring (bicyclic) bond motifs is 7. The molecule has 1 heterocycles. The molecular formula is C23H33NO4. The highest BCUT2D eigenvalue weighted by Crippen LogP contribution is 2.73. The summed E-state index contributed by atoms with van der Waals surface area (Å²) in [6, 6.07) is 0. The number of nitrogens with zero attached hydrogens (tertiary/aromatic N) is 1. The van der Waals surface area contributed by atoms with Gasteiger partial charge in [-0.3, -0.25) is 4.79 Å². The van der Waals surface area contributed by atoms with Crippen molar-refractivity contribution in [1.29, 1.82) is 0 Å². The summed E-state index contributed by atoms with van der Waals surface area (Å²) < 4.78 is 11.7. The van der Waals surface area contributed by atoms with E-state index < -0.39 is 0 Å². The molecule has 1 N–H and O–H groups in total. The third-order valence-electron chi connectivity index (χ3n) is 9.51. The Bertz CT molecular complexity index is 775. The smallest absolute Gasteiger partial charge is 0.302 e. The Kier molecular flexibility index (Phi) is 3.89. The van der Waals surface area contributed by atoms with Crippen molar-refractivity contribution in [1.82, 2.24) is 0 Å². The summed E-state index contributed by atoms with van der Waals surface area (Å²) in [6.07, 6.45) is 10.3. The van der Waals surface area contributed by atoms with Crippen molar-refractivity contribution in [3.63, 3.8) is 0 Å². The van der Waals surface area contributed by atoms with E-state index in [1.807, 2.05) is 6.92 Å². The van der Waals surface area contributed by atoms with Crippen LogP contribution in [0, 0.1) is 28.6 Å². The monoisotopic (exact) mass is 387 g/mol. The van der Waals surface area contributed by atoms with Gasteiger partial charge in [0.15, 0.2) is 0 Å². The molecule has 0 radical (unpaired) electrons. The third kappa shape index (κ3) is 2.17. The van der Waals surface area contributed by atoms with Gasteiger partial charge in [0.2, 0.25) is 0 Å². The molecule has 154 valence electrons. The minimum absolute atomic E-state index is 0.0569. The van der Waals surface area contributed by atoms with E-state index in [4.69, 9.17) is 9.47 Å². The number of ether oxygens (including phenoxy) is 2. The van der Waals surface area contributed by atoms with Crippen molar-refractivity contribution in [2.75, 3.05) is 0 Å². The van der Waals surface area contributed by atoms with Gasteiger partial charge in [-0.25, -0.2) is 0 Å². The lowest BCUT2D eigenvalue weighted by Gasteiger charge is -2.58. The largest absolute Gasteiger partial charge is 0.462 e. The number of carbonyl (C=O) groups is 1. The summed E-state index contributed by atoms with van der Waals surface area (Å²) in [5, 5.41) is 13.0. The highest BCUT2D eigenvalue weighted by Gasteiger charge is 2.78. The van der Waals surface area contributed by atoms with Gasteiger partial charge in [0, 0.05) is 18.8 Å². The van der Waals surface area contributed by atoms with Crippen LogP contribution in [-0.2, 0) is 14.3 Å². The number of epoxide rings is 1. The van der Waals surface area contributed by atoms with E-state index in [-0.39, 0.29) is 34.6 Å². The van der Waals surface area contributed by atoms with Gasteiger partial charge in [-0.15, -0.1) is 0 Å². The van der Waals surface area contributed by atoms with Gasteiger partial charge in [-0.1, -0.05) is 30.7 Å². The molecular weight excluding hydrogens is 354 g/mol. The molecule has 5 aliphatic rings. The molecule has 4 fully saturated rings. The molecule has 28 heavy (non-hydrogen) atoms. The van der Waals surface area contributed by atoms with Crippen LogP contribution in [0.2, 0.25) is 0 Å². The lowest BCUT2D eigenvalue weighted by Crippen LogP contribution is -2.54.